The number of anilines is 2. The first-order valence-corrected chi connectivity index (χ1v) is 13.5. The number of para-hydroxylation sites is 1. The summed E-state index contributed by atoms with van der Waals surface area (Å²) in [5.41, 5.74) is 5.73. The fraction of sp³-hybridized carbons (Fsp3) is 0.483. The highest BCUT2D eigenvalue weighted by Crippen LogP contribution is 2.44. The van der Waals surface area contributed by atoms with Gasteiger partial charge < -0.3 is 16.0 Å². The molecule has 0 bridgehead atoms. The lowest BCUT2D eigenvalue weighted by molar-refractivity contribution is -0.116. The van der Waals surface area contributed by atoms with Gasteiger partial charge in [-0.1, -0.05) is 68.2 Å². The van der Waals surface area contributed by atoms with Crippen molar-refractivity contribution in [3.05, 3.63) is 71.5 Å². The zero-order valence-electron chi connectivity index (χ0n) is 21.3. The number of hydrogen-bond donors (Lipinski definition) is 3. The number of carbonyl (C=O) groups is 1. The normalized spacial score (nSPS) is 20.1. The summed E-state index contributed by atoms with van der Waals surface area (Å²) in [5, 5.41) is 19.0. The van der Waals surface area contributed by atoms with E-state index in [1.54, 1.807) is 4.68 Å². The fourth-order valence-corrected chi connectivity index (χ4v) is 5.72. The van der Waals surface area contributed by atoms with Gasteiger partial charge in [0.15, 0.2) is 0 Å². The molecule has 7 nitrogen and oxygen atoms in total. The van der Waals surface area contributed by atoms with E-state index < -0.39 is 0 Å². The molecule has 5 rings (SSSR count). The van der Waals surface area contributed by atoms with Crippen molar-refractivity contribution in [3.63, 3.8) is 0 Å². The highest BCUT2D eigenvalue weighted by atomic mass is 16.1. The molecular weight excluding hydrogens is 448 g/mol. The highest BCUT2D eigenvalue weighted by Gasteiger charge is 2.50. The van der Waals surface area contributed by atoms with Crippen LogP contribution in [0.25, 0.3) is 0 Å². The van der Waals surface area contributed by atoms with Crippen LogP contribution in [-0.4, -0.2) is 40.0 Å². The van der Waals surface area contributed by atoms with Crippen molar-refractivity contribution in [2.24, 2.45) is 0 Å². The largest absolute Gasteiger partial charge is 0.380 e. The van der Waals surface area contributed by atoms with E-state index in [1.807, 2.05) is 18.3 Å². The Morgan fingerprint density at radius 2 is 1.94 bits per heavy atom. The van der Waals surface area contributed by atoms with Gasteiger partial charge in [-0.3, -0.25) is 9.48 Å². The van der Waals surface area contributed by atoms with Crippen LogP contribution in [0.1, 0.15) is 62.3 Å². The molecule has 0 unspecified atom stereocenters. The molecule has 190 valence electrons. The van der Waals surface area contributed by atoms with Crippen molar-refractivity contribution < 1.29 is 4.79 Å². The van der Waals surface area contributed by atoms with E-state index in [1.165, 1.54) is 48.9 Å². The summed E-state index contributed by atoms with van der Waals surface area (Å²) < 4.78 is 1.79. The van der Waals surface area contributed by atoms with Crippen molar-refractivity contribution in [3.8, 4) is 0 Å². The lowest BCUT2D eigenvalue weighted by Gasteiger charge is -2.27. The van der Waals surface area contributed by atoms with Gasteiger partial charge in [-0.25, -0.2) is 0 Å². The lowest BCUT2D eigenvalue weighted by Crippen LogP contribution is -2.39. The molecule has 3 heterocycles. The number of benzene rings is 2. The minimum atomic E-state index is -0.00747. The van der Waals surface area contributed by atoms with E-state index in [-0.39, 0.29) is 11.3 Å². The van der Waals surface area contributed by atoms with E-state index >= 15 is 0 Å². The monoisotopic (exact) mass is 486 g/mol. The van der Waals surface area contributed by atoms with Gasteiger partial charge >= 0.3 is 0 Å². The van der Waals surface area contributed by atoms with Gasteiger partial charge in [0.2, 0.25) is 5.91 Å². The quantitative estimate of drug-likeness (QED) is 0.323. The molecular formula is C29H38N6O. The Morgan fingerprint density at radius 3 is 2.81 bits per heavy atom. The van der Waals surface area contributed by atoms with E-state index in [2.05, 4.69) is 69.6 Å². The van der Waals surface area contributed by atoms with E-state index in [0.717, 1.165) is 37.3 Å². The molecule has 2 atom stereocenters. The Balaban J connectivity index is 1.10. The van der Waals surface area contributed by atoms with E-state index in [0.29, 0.717) is 19.0 Å². The Kier molecular flexibility index (Phi) is 7.66. The maximum atomic E-state index is 12.5. The number of hydrogen-bond acceptors (Lipinski definition) is 5. The van der Waals surface area contributed by atoms with Crippen LogP contribution in [-0.2, 0) is 29.6 Å². The number of rotatable bonds is 12. The molecule has 2 aromatic carbocycles. The zero-order chi connectivity index (χ0) is 24.8. The van der Waals surface area contributed by atoms with Crippen LogP contribution in [0.4, 0.5) is 11.4 Å². The Morgan fingerprint density at radius 1 is 1.11 bits per heavy atom. The van der Waals surface area contributed by atoms with E-state index in [4.69, 9.17) is 0 Å². The molecule has 3 aromatic rings. The number of aryl methyl sites for hydroxylation is 2. The molecule has 2 aliphatic rings. The molecule has 1 aromatic heterocycles. The number of carbonyl (C=O) groups excluding carboxylic acids is 1. The second-order valence-electron chi connectivity index (χ2n) is 10.3. The van der Waals surface area contributed by atoms with Crippen molar-refractivity contribution >= 4 is 17.3 Å². The van der Waals surface area contributed by atoms with Crippen LogP contribution in [0.15, 0.2) is 54.7 Å². The first-order chi connectivity index (χ1) is 17.7. The predicted octanol–water partition coefficient (Wildman–Crippen LogP) is 4.70. The van der Waals surface area contributed by atoms with E-state index in [9.17, 15) is 4.79 Å². The van der Waals surface area contributed by atoms with Crippen LogP contribution >= 0.6 is 0 Å². The summed E-state index contributed by atoms with van der Waals surface area (Å²) >= 11 is 0. The minimum Gasteiger partial charge on any atom is -0.380 e. The number of amides is 1. The van der Waals surface area contributed by atoms with Crippen LogP contribution < -0.4 is 16.0 Å². The topological polar surface area (TPSA) is 83.9 Å². The van der Waals surface area contributed by atoms with Crippen molar-refractivity contribution in [1.29, 1.82) is 0 Å². The first-order valence-electron chi connectivity index (χ1n) is 13.5. The summed E-state index contributed by atoms with van der Waals surface area (Å²) in [5.74, 6) is -0.00747. The fourth-order valence-electron chi connectivity index (χ4n) is 5.72. The Labute approximate surface area is 214 Å². The zero-order valence-corrected chi connectivity index (χ0v) is 21.3. The van der Waals surface area contributed by atoms with Gasteiger partial charge in [-0.05, 0) is 42.2 Å². The predicted molar refractivity (Wildman–Crippen MR) is 144 cm³/mol. The second-order valence-corrected chi connectivity index (χ2v) is 10.3. The number of aromatic nitrogens is 3. The van der Waals surface area contributed by atoms with Gasteiger partial charge in [0.1, 0.15) is 0 Å². The number of fused-ring (bicyclic) bond motifs is 3. The summed E-state index contributed by atoms with van der Waals surface area (Å²) in [6, 6.07) is 17.2. The second kappa shape index (κ2) is 11.2. The van der Waals surface area contributed by atoms with Crippen molar-refractivity contribution in [2.45, 2.75) is 76.3 Å². The smallest absolute Gasteiger partial charge is 0.226 e. The molecule has 1 saturated heterocycles. The summed E-state index contributed by atoms with van der Waals surface area (Å²) in [7, 11) is 0. The molecule has 3 N–H and O–H groups in total. The average molecular weight is 487 g/mol. The molecule has 7 heteroatoms. The molecule has 0 spiro atoms. The number of unbranched alkanes of at least 4 members (excludes halogenated alkanes) is 4. The number of nitrogens with zero attached hydrogens (tertiary/aromatic N) is 3. The Hall–Kier alpha value is -3.19. The lowest BCUT2D eigenvalue weighted by atomic mass is 9.75. The van der Waals surface area contributed by atoms with Gasteiger partial charge in [0, 0.05) is 55.0 Å². The maximum Gasteiger partial charge on any atom is 0.226 e. The molecule has 0 radical (unpaired) electrons. The van der Waals surface area contributed by atoms with Crippen LogP contribution in [0.3, 0.4) is 0 Å². The number of nitrogens with one attached hydrogen (secondary N) is 3. The first kappa shape index (κ1) is 24.5. The van der Waals surface area contributed by atoms with Crippen LogP contribution in [0.2, 0.25) is 0 Å². The molecule has 1 fully saturated rings. The van der Waals surface area contributed by atoms with Gasteiger partial charge in [-0.2, -0.15) is 0 Å². The van der Waals surface area contributed by atoms with Crippen molar-refractivity contribution in [1.82, 2.24) is 20.3 Å². The molecule has 1 amide bonds. The molecule has 0 aliphatic carbocycles. The summed E-state index contributed by atoms with van der Waals surface area (Å²) in [6.45, 7) is 4.63. The van der Waals surface area contributed by atoms with Gasteiger partial charge in [-0.15, -0.1) is 5.10 Å². The van der Waals surface area contributed by atoms with Crippen LogP contribution in [0, 0.1) is 0 Å². The SMILES string of the molecule is CCCCCCCc1ccc(NC(=O)CCn2cc(C[C@@]34CNC[C@@H]3Nc3ccccc34)nn2)cc1. The third-order valence-corrected chi connectivity index (χ3v) is 7.71. The van der Waals surface area contributed by atoms with Crippen molar-refractivity contribution in [2.75, 3.05) is 23.7 Å². The molecule has 2 aliphatic heterocycles. The minimum absolute atomic E-state index is 0.00347. The molecule has 36 heavy (non-hydrogen) atoms. The standard InChI is InChI=1S/C29H38N6O/c1-2-3-4-5-6-9-22-12-14-23(15-13-22)31-28(36)16-17-35-20-24(33-34-35)18-29-21-30-19-27(29)32-26-11-8-7-10-25(26)29/h7-8,10-15,20,27,30,32H,2-6,9,16-19,21H2,1H3,(H,31,36)/t27-,29-/m0/s1. The summed E-state index contributed by atoms with van der Waals surface area (Å²) in [6.07, 6.45) is 10.7. The Bertz CT molecular complexity index is 1160. The average Bonchev–Trinajstić information content (AvgIpc) is 3.58. The van der Waals surface area contributed by atoms with Crippen LogP contribution in [0.5, 0.6) is 0 Å². The maximum absolute atomic E-state index is 12.5. The van der Waals surface area contributed by atoms with Gasteiger partial charge in [0.05, 0.1) is 12.2 Å². The summed E-state index contributed by atoms with van der Waals surface area (Å²) in [4.78, 5) is 12.5. The third kappa shape index (κ3) is 5.46. The molecule has 0 saturated carbocycles. The highest BCUT2D eigenvalue weighted by molar-refractivity contribution is 5.90. The third-order valence-electron chi connectivity index (χ3n) is 7.71. The van der Waals surface area contributed by atoms with Gasteiger partial charge in [0.25, 0.3) is 0 Å².